The smallest absolute Gasteiger partial charge is 0.00559 e. The molecule has 0 heterocycles. The molecule has 0 aliphatic heterocycles. The highest BCUT2D eigenvalue weighted by Crippen LogP contribution is 2.23. The van der Waals surface area contributed by atoms with Crippen molar-refractivity contribution in [1.82, 2.24) is 0 Å². The van der Waals surface area contributed by atoms with Crippen molar-refractivity contribution in [1.29, 1.82) is 0 Å². The fourth-order valence-corrected chi connectivity index (χ4v) is 2.85. The van der Waals surface area contributed by atoms with Crippen LogP contribution in [0.5, 0.6) is 0 Å². The largest absolute Gasteiger partial charge is 0.0830 e. The molecule has 0 nitrogen and oxygen atoms in total. The molecule has 0 saturated heterocycles. The van der Waals surface area contributed by atoms with Gasteiger partial charge in [-0.2, -0.15) is 0 Å². The summed E-state index contributed by atoms with van der Waals surface area (Å²) in [6.07, 6.45) is 10.0. The van der Waals surface area contributed by atoms with Crippen molar-refractivity contribution in [2.24, 2.45) is 0 Å². The molecule has 3 aromatic carbocycles. The molecule has 3 rings (SSSR count). The molecule has 0 radical (unpaired) electrons. The average molecular weight is 324 g/mol. The van der Waals surface area contributed by atoms with Crippen molar-refractivity contribution in [3.05, 3.63) is 119 Å². The summed E-state index contributed by atoms with van der Waals surface area (Å²) in [6, 6.07) is 29.9. The van der Waals surface area contributed by atoms with E-state index < -0.39 is 0 Å². The first kappa shape index (κ1) is 17.0. The lowest BCUT2D eigenvalue weighted by Gasteiger charge is -2.11. The second kappa shape index (κ2) is 8.84. The topological polar surface area (TPSA) is 0 Å². The Balaban J connectivity index is 1.74. The Kier molecular flexibility index (Phi) is 6.01. The van der Waals surface area contributed by atoms with Crippen molar-refractivity contribution in [2.45, 2.75) is 19.3 Å². The van der Waals surface area contributed by atoms with Gasteiger partial charge in [-0.3, -0.25) is 0 Å². The van der Waals surface area contributed by atoms with Crippen molar-refractivity contribution in [2.75, 3.05) is 0 Å². The van der Waals surface area contributed by atoms with Crippen LogP contribution in [0.25, 0.3) is 12.2 Å². The van der Waals surface area contributed by atoms with E-state index in [9.17, 15) is 0 Å². The van der Waals surface area contributed by atoms with Crippen molar-refractivity contribution < 1.29 is 0 Å². The summed E-state index contributed by atoms with van der Waals surface area (Å²) in [6.45, 7) is 2.12. The number of hydrogen-bond acceptors (Lipinski definition) is 0. The van der Waals surface area contributed by atoms with Gasteiger partial charge in [-0.1, -0.05) is 115 Å². The lowest BCUT2D eigenvalue weighted by molar-refractivity contribution is 0.870. The minimum atomic E-state index is 0.378. The fraction of sp³-hybridized carbons (Fsp3) is 0.120. The number of rotatable bonds is 6. The van der Waals surface area contributed by atoms with Crippen molar-refractivity contribution in [3.8, 4) is 0 Å². The molecule has 0 bridgehead atoms. The molecule has 0 aliphatic carbocycles. The normalized spacial score (nSPS) is 12.7. The second-order valence-corrected chi connectivity index (χ2v) is 6.34. The highest BCUT2D eigenvalue weighted by atomic mass is 14.1. The van der Waals surface area contributed by atoms with Crippen LogP contribution in [-0.2, 0) is 0 Å². The predicted molar refractivity (Wildman–Crippen MR) is 109 cm³/mol. The van der Waals surface area contributed by atoms with E-state index in [1.165, 1.54) is 22.3 Å². The Morgan fingerprint density at radius 3 is 1.96 bits per heavy atom. The van der Waals surface area contributed by atoms with E-state index in [1.54, 1.807) is 0 Å². The third-order valence-corrected chi connectivity index (χ3v) is 4.33. The third kappa shape index (κ3) is 5.32. The van der Waals surface area contributed by atoms with Crippen LogP contribution >= 0.6 is 0 Å². The number of hydrogen-bond donors (Lipinski definition) is 0. The Hall–Kier alpha value is -2.86. The summed E-state index contributed by atoms with van der Waals surface area (Å²) in [7, 11) is 0. The Morgan fingerprint density at radius 2 is 1.28 bits per heavy atom. The molecule has 124 valence electrons. The first-order valence-electron chi connectivity index (χ1n) is 8.83. The molecule has 3 aromatic rings. The zero-order valence-electron chi connectivity index (χ0n) is 14.7. The molecular formula is C25H24. The Labute approximate surface area is 151 Å². The molecule has 0 fully saturated rings. The van der Waals surface area contributed by atoms with Crippen molar-refractivity contribution in [3.63, 3.8) is 0 Å². The van der Waals surface area contributed by atoms with E-state index in [0.717, 1.165) is 6.42 Å². The van der Waals surface area contributed by atoms with E-state index >= 15 is 0 Å². The minimum absolute atomic E-state index is 0.378. The molecule has 0 N–H and O–H groups in total. The van der Waals surface area contributed by atoms with E-state index in [4.69, 9.17) is 0 Å². The summed E-state index contributed by atoms with van der Waals surface area (Å²) in [5.74, 6) is 0.378. The Morgan fingerprint density at radius 1 is 0.680 bits per heavy atom. The van der Waals surface area contributed by atoms with Crippen LogP contribution in [0.2, 0.25) is 0 Å². The molecular weight excluding hydrogens is 300 g/mol. The lowest BCUT2D eigenvalue weighted by atomic mass is 9.94. The third-order valence-electron chi connectivity index (χ3n) is 4.33. The van der Waals surface area contributed by atoms with Gasteiger partial charge in [0.2, 0.25) is 0 Å². The summed E-state index contributed by atoms with van der Waals surface area (Å²) in [4.78, 5) is 0. The van der Waals surface area contributed by atoms with Gasteiger partial charge in [0.1, 0.15) is 0 Å². The molecule has 0 aliphatic rings. The van der Waals surface area contributed by atoms with Gasteiger partial charge in [0.25, 0.3) is 0 Å². The standard InChI is InChI=1S/C25H24/c1-21-15-17-23(18-16-21)11-8-14-25(24-12-6-3-7-13-24)20-19-22-9-4-2-5-10-22/h2-13,15-20,25H,14H2,1H3/b11-8+,20-19+. The van der Waals surface area contributed by atoms with E-state index in [2.05, 4.69) is 116 Å². The molecule has 0 aromatic heterocycles. The van der Waals surface area contributed by atoms with Gasteiger partial charge >= 0.3 is 0 Å². The summed E-state index contributed by atoms with van der Waals surface area (Å²) >= 11 is 0. The quantitative estimate of drug-likeness (QED) is 0.463. The highest BCUT2D eigenvalue weighted by molar-refractivity contribution is 5.52. The maximum atomic E-state index is 2.31. The zero-order valence-corrected chi connectivity index (χ0v) is 14.7. The van der Waals surface area contributed by atoms with Crippen molar-refractivity contribution >= 4 is 12.2 Å². The summed E-state index contributed by atoms with van der Waals surface area (Å²) in [5.41, 5.74) is 5.14. The van der Waals surface area contributed by atoms with Crippen LogP contribution in [0.15, 0.2) is 97.1 Å². The minimum Gasteiger partial charge on any atom is -0.0830 e. The van der Waals surface area contributed by atoms with E-state index in [0.29, 0.717) is 5.92 Å². The monoisotopic (exact) mass is 324 g/mol. The molecule has 0 spiro atoms. The number of allylic oxidation sites excluding steroid dienone is 2. The van der Waals surface area contributed by atoms with Gasteiger partial charge in [-0.05, 0) is 30.0 Å². The first-order chi connectivity index (χ1) is 12.3. The van der Waals surface area contributed by atoms with Crippen LogP contribution in [0.3, 0.4) is 0 Å². The SMILES string of the molecule is Cc1ccc(/C=C/CC(/C=C/c2ccccc2)c2ccccc2)cc1. The van der Waals surface area contributed by atoms with Gasteiger partial charge in [0, 0.05) is 5.92 Å². The van der Waals surface area contributed by atoms with Crippen LogP contribution in [-0.4, -0.2) is 0 Å². The van der Waals surface area contributed by atoms with Gasteiger partial charge in [0.05, 0.1) is 0 Å². The first-order valence-corrected chi connectivity index (χ1v) is 8.83. The maximum Gasteiger partial charge on any atom is 0.00559 e. The molecule has 1 atom stereocenters. The fourth-order valence-electron chi connectivity index (χ4n) is 2.85. The van der Waals surface area contributed by atoms with Gasteiger partial charge < -0.3 is 0 Å². The molecule has 0 saturated carbocycles. The van der Waals surface area contributed by atoms with Gasteiger partial charge in [0.15, 0.2) is 0 Å². The second-order valence-electron chi connectivity index (χ2n) is 6.34. The molecule has 1 unspecified atom stereocenters. The molecule has 0 heteroatoms. The summed E-state index contributed by atoms with van der Waals surface area (Å²) in [5, 5.41) is 0. The zero-order chi connectivity index (χ0) is 17.3. The lowest BCUT2D eigenvalue weighted by Crippen LogP contribution is -1.93. The molecule has 0 amide bonds. The number of benzene rings is 3. The highest BCUT2D eigenvalue weighted by Gasteiger charge is 2.05. The van der Waals surface area contributed by atoms with Gasteiger partial charge in [-0.15, -0.1) is 0 Å². The predicted octanol–water partition coefficient (Wildman–Crippen LogP) is 6.90. The Bertz CT molecular complexity index is 809. The number of aryl methyl sites for hydroxylation is 1. The van der Waals surface area contributed by atoms with Crippen LogP contribution in [0.1, 0.15) is 34.6 Å². The molecule has 25 heavy (non-hydrogen) atoms. The van der Waals surface area contributed by atoms with Crippen LogP contribution in [0.4, 0.5) is 0 Å². The van der Waals surface area contributed by atoms with Crippen LogP contribution < -0.4 is 0 Å². The van der Waals surface area contributed by atoms with E-state index in [1.807, 2.05) is 0 Å². The van der Waals surface area contributed by atoms with Crippen LogP contribution in [0, 0.1) is 6.92 Å². The summed E-state index contributed by atoms with van der Waals surface area (Å²) < 4.78 is 0. The average Bonchev–Trinajstić information content (AvgIpc) is 2.67. The maximum absolute atomic E-state index is 2.31. The van der Waals surface area contributed by atoms with E-state index in [-0.39, 0.29) is 0 Å². The van der Waals surface area contributed by atoms with Gasteiger partial charge in [-0.25, -0.2) is 0 Å².